The molecule has 0 amide bonds. The van der Waals surface area contributed by atoms with Gasteiger partial charge in [-0.15, -0.1) is 0 Å². The Labute approximate surface area is 177 Å². The monoisotopic (exact) mass is 414 g/mol. The summed E-state index contributed by atoms with van der Waals surface area (Å²) in [7, 11) is -0.552. The van der Waals surface area contributed by atoms with Gasteiger partial charge in [-0.1, -0.05) is 87.4 Å². The van der Waals surface area contributed by atoms with E-state index in [0.717, 1.165) is 13.1 Å². The Morgan fingerprint density at radius 2 is 1.36 bits per heavy atom. The first-order chi connectivity index (χ1) is 13.3. The molecule has 3 rings (SSSR count). The van der Waals surface area contributed by atoms with Crippen LogP contribution in [0.25, 0.3) is 0 Å². The first-order valence-corrected chi connectivity index (χ1v) is 11.6. The molecule has 0 aliphatic heterocycles. The fourth-order valence-corrected chi connectivity index (χ4v) is 6.03. The lowest BCUT2D eigenvalue weighted by Crippen LogP contribution is -3.00. The number of hydrogen-bond acceptors (Lipinski definition) is 0. The van der Waals surface area contributed by atoms with Crippen molar-refractivity contribution in [3.63, 3.8) is 0 Å². The van der Waals surface area contributed by atoms with Crippen molar-refractivity contribution in [2.75, 3.05) is 0 Å². The summed E-state index contributed by atoms with van der Waals surface area (Å²) in [6.45, 7) is 9.06. The quantitative estimate of drug-likeness (QED) is 0.370. The fraction of sp³-hybridized carbons (Fsp3) is 0.375. The summed E-state index contributed by atoms with van der Waals surface area (Å²) < 4.78 is 5.07. The zero-order chi connectivity index (χ0) is 19.1. The van der Waals surface area contributed by atoms with Gasteiger partial charge < -0.3 is 12.4 Å². The molecule has 0 aliphatic carbocycles. The van der Waals surface area contributed by atoms with Gasteiger partial charge in [0.15, 0.2) is 5.44 Å². The predicted molar refractivity (Wildman–Crippen MR) is 118 cm³/mol. The molecular weight excluding hydrogens is 383 g/mol. The highest BCUT2D eigenvalue weighted by Gasteiger charge is 2.28. The summed E-state index contributed by atoms with van der Waals surface area (Å²) in [6.07, 6.45) is 7.35. The second-order valence-corrected chi connectivity index (χ2v) is 9.25. The van der Waals surface area contributed by atoms with E-state index in [0.29, 0.717) is 0 Å². The zero-order valence-corrected chi connectivity index (χ0v) is 19.0. The van der Waals surface area contributed by atoms with E-state index in [-0.39, 0.29) is 12.4 Å². The molecule has 150 valence electrons. The molecule has 28 heavy (non-hydrogen) atoms. The van der Waals surface area contributed by atoms with Gasteiger partial charge in [0, 0.05) is 14.8 Å². The van der Waals surface area contributed by atoms with Gasteiger partial charge in [0.2, 0.25) is 0 Å². The molecule has 1 heterocycles. The maximum atomic E-state index is 2.59. The minimum atomic E-state index is -0.552. The third-order valence-corrected chi connectivity index (χ3v) is 7.54. The van der Waals surface area contributed by atoms with Crippen LogP contribution in [-0.2, 0) is 13.1 Å². The number of benzene rings is 2. The number of rotatable bonds is 9. The lowest BCUT2D eigenvalue weighted by Gasteiger charge is -2.17. The molecule has 0 bridgehead atoms. The van der Waals surface area contributed by atoms with Gasteiger partial charge in [-0.25, -0.2) is 9.13 Å². The number of unbranched alkanes of at least 4 members (excludes halogenated alkanes) is 2. The first kappa shape index (κ1) is 22.7. The van der Waals surface area contributed by atoms with E-state index >= 15 is 0 Å². The van der Waals surface area contributed by atoms with Gasteiger partial charge in [-0.3, -0.25) is 0 Å². The van der Waals surface area contributed by atoms with Crippen LogP contribution < -0.4 is 33.0 Å². The highest BCUT2D eigenvalue weighted by molar-refractivity contribution is 7.79. The van der Waals surface area contributed by atoms with Gasteiger partial charge in [-0.05, 0) is 23.5 Å². The molecule has 0 saturated carbocycles. The summed E-state index contributed by atoms with van der Waals surface area (Å²) in [5.74, 6) is 1.39. The third kappa shape index (κ3) is 5.25. The Morgan fingerprint density at radius 3 is 1.86 bits per heavy atom. The predicted octanol–water partition coefficient (Wildman–Crippen LogP) is 1.45. The highest BCUT2D eigenvalue weighted by Crippen LogP contribution is 2.32. The van der Waals surface area contributed by atoms with Crippen molar-refractivity contribution in [1.82, 2.24) is 4.57 Å². The number of imidazole rings is 1. The lowest BCUT2D eigenvalue weighted by molar-refractivity contribution is -0.702. The number of hydrogen-bond donors (Lipinski definition) is 0. The second-order valence-electron chi connectivity index (χ2n) is 7.09. The molecule has 0 aliphatic rings. The molecule has 0 atom stereocenters. The van der Waals surface area contributed by atoms with E-state index in [1.54, 1.807) is 0 Å². The molecule has 0 unspecified atom stereocenters. The standard InChI is InChI=1S/C24H32N2P.ClH/c1-4-6-18-25-20-24(26(21(25)3)19-7-5-2)27(22-14-10-8-11-15-22)23-16-12-9-13-17-23;/h8-17,20H,4-7,18-19H2,1-3H3;1H/q+1;/p-1. The fourth-order valence-electron chi connectivity index (χ4n) is 3.52. The second kappa shape index (κ2) is 11.4. The van der Waals surface area contributed by atoms with Crippen LogP contribution in [0.4, 0.5) is 0 Å². The van der Waals surface area contributed by atoms with Gasteiger partial charge in [0.1, 0.15) is 6.20 Å². The minimum absolute atomic E-state index is 0. The van der Waals surface area contributed by atoms with E-state index in [1.165, 1.54) is 47.6 Å². The Balaban J connectivity index is 0.00000280. The van der Waals surface area contributed by atoms with Crippen molar-refractivity contribution in [2.24, 2.45) is 0 Å². The van der Waals surface area contributed by atoms with Crippen LogP contribution in [0.2, 0.25) is 0 Å². The topological polar surface area (TPSA) is 8.81 Å². The molecule has 0 N–H and O–H groups in total. The molecule has 0 spiro atoms. The van der Waals surface area contributed by atoms with Crippen LogP contribution >= 0.6 is 7.92 Å². The maximum Gasteiger partial charge on any atom is 0.253 e. The molecular formula is C24H32ClN2P. The summed E-state index contributed by atoms with van der Waals surface area (Å²) >= 11 is 0. The van der Waals surface area contributed by atoms with Crippen molar-refractivity contribution >= 4 is 24.0 Å². The largest absolute Gasteiger partial charge is 1.00 e. The van der Waals surface area contributed by atoms with Crippen molar-refractivity contribution < 1.29 is 17.0 Å². The van der Waals surface area contributed by atoms with E-state index in [2.05, 4.69) is 96.8 Å². The minimum Gasteiger partial charge on any atom is -1.00 e. The van der Waals surface area contributed by atoms with Crippen molar-refractivity contribution in [1.29, 1.82) is 0 Å². The Morgan fingerprint density at radius 1 is 0.821 bits per heavy atom. The molecule has 0 saturated heterocycles. The van der Waals surface area contributed by atoms with E-state index in [1.807, 2.05) is 0 Å². The van der Waals surface area contributed by atoms with Crippen LogP contribution in [0.5, 0.6) is 0 Å². The van der Waals surface area contributed by atoms with Crippen LogP contribution in [0.3, 0.4) is 0 Å². The molecule has 0 fully saturated rings. The van der Waals surface area contributed by atoms with Crippen molar-refractivity contribution in [3.05, 3.63) is 72.7 Å². The molecule has 1 aromatic heterocycles. The van der Waals surface area contributed by atoms with Crippen molar-refractivity contribution in [3.8, 4) is 0 Å². The molecule has 2 aromatic carbocycles. The lowest BCUT2D eigenvalue weighted by atomic mass is 10.3. The Hall–Kier alpha value is -1.63. The summed E-state index contributed by atoms with van der Waals surface area (Å²) in [6, 6.07) is 22.1. The average Bonchev–Trinajstić information content (AvgIpc) is 3.02. The SMILES string of the molecule is CCCCn1c(P(c2ccccc2)c2ccccc2)c[n+](CCCC)c1C.[Cl-]. The van der Waals surface area contributed by atoms with Crippen LogP contribution in [0.15, 0.2) is 66.9 Å². The van der Waals surface area contributed by atoms with Crippen LogP contribution in [-0.4, -0.2) is 4.57 Å². The summed E-state index contributed by atoms with van der Waals surface area (Å²) in [5, 5.41) is 2.85. The van der Waals surface area contributed by atoms with Gasteiger partial charge in [-0.2, -0.15) is 0 Å². The van der Waals surface area contributed by atoms with Crippen LogP contribution in [0.1, 0.15) is 45.4 Å². The zero-order valence-electron chi connectivity index (χ0n) is 17.3. The molecule has 3 aromatic rings. The van der Waals surface area contributed by atoms with Crippen LogP contribution in [0, 0.1) is 6.92 Å². The Bertz CT molecular complexity index is 791. The van der Waals surface area contributed by atoms with E-state index in [4.69, 9.17) is 0 Å². The number of aromatic nitrogens is 2. The van der Waals surface area contributed by atoms with Gasteiger partial charge in [0.05, 0.1) is 13.1 Å². The van der Waals surface area contributed by atoms with E-state index in [9.17, 15) is 0 Å². The number of nitrogens with zero attached hydrogens (tertiary/aromatic N) is 2. The smallest absolute Gasteiger partial charge is 0.253 e. The van der Waals surface area contributed by atoms with E-state index < -0.39 is 7.92 Å². The van der Waals surface area contributed by atoms with Gasteiger partial charge in [0.25, 0.3) is 5.82 Å². The maximum absolute atomic E-state index is 2.59. The van der Waals surface area contributed by atoms with Crippen molar-refractivity contribution in [2.45, 2.75) is 59.5 Å². The molecule has 4 heteroatoms. The average molecular weight is 415 g/mol. The molecule has 2 nitrogen and oxygen atoms in total. The summed E-state index contributed by atoms with van der Waals surface area (Å²) in [4.78, 5) is 0. The van der Waals surface area contributed by atoms with Gasteiger partial charge >= 0.3 is 0 Å². The highest BCUT2D eigenvalue weighted by atomic mass is 35.5. The summed E-state index contributed by atoms with van der Waals surface area (Å²) in [5.41, 5.74) is 1.48. The third-order valence-electron chi connectivity index (χ3n) is 5.10. The first-order valence-electron chi connectivity index (χ1n) is 10.3. The number of aryl methyl sites for hydroxylation is 1. The number of halogens is 1. The Kier molecular flexibility index (Phi) is 9.22. The normalized spacial score (nSPS) is 10.9. The molecule has 0 radical (unpaired) electrons.